The summed E-state index contributed by atoms with van der Waals surface area (Å²) in [7, 11) is 5.93. The number of carboxylic acid groups (broad SMARTS) is 1. The molecule has 0 saturated heterocycles. The molecule has 0 aliphatic heterocycles. The summed E-state index contributed by atoms with van der Waals surface area (Å²) in [5.74, 6) is -2.17. The van der Waals surface area contributed by atoms with Crippen LogP contribution in [0.2, 0.25) is 0 Å². The van der Waals surface area contributed by atoms with Gasteiger partial charge < -0.3 is 28.5 Å². The molecule has 0 saturated carbocycles. The second-order valence-electron chi connectivity index (χ2n) is 20.6. The van der Waals surface area contributed by atoms with Crippen molar-refractivity contribution in [2.24, 2.45) is 0 Å². The molecule has 9 heteroatoms. The Morgan fingerprint density at radius 3 is 1.25 bits per heavy atom. The van der Waals surface area contributed by atoms with Crippen LogP contribution in [0.3, 0.4) is 0 Å². The van der Waals surface area contributed by atoms with E-state index in [0.717, 1.165) is 44.9 Å². The van der Waals surface area contributed by atoms with Gasteiger partial charge >= 0.3 is 17.9 Å². The minimum absolute atomic E-state index is 0.0266. The second-order valence-corrected chi connectivity index (χ2v) is 20.6. The molecule has 9 nitrogen and oxygen atoms in total. The van der Waals surface area contributed by atoms with Crippen molar-refractivity contribution in [2.75, 3.05) is 47.5 Å². The lowest BCUT2D eigenvalue weighted by Gasteiger charge is -2.25. The molecule has 71 heavy (non-hydrogen) atoms. The third kappa shape index (κ3) is 54.3. The molecule has 0 aromatic heterocycles. The number of likely N-dealkylation sites (N-methyl/N-ethyl adjacent to an activating group) is 1. The SMILES string of the molecule is CC/C=C\C/C=C\C/C=C\C/C=C\C/C=C\CC(=O)OC(COC(=O)CCCCCCCCCCCCCCCCCCCCC/C=C\CCCCCCCCCC)COC(OCC[N+](C)(C)C)C(=O)O. The number of esters is 2. The van der Waals surface area contributed by atoms with Gasteiger partial charge in [0.05, 0.1) is 40.8 Å². The maximum Gasteiger partial charge on any atom is 0.361 e. The largest absolute Gasteiger partial charge is 0.477 e. The van der Waals surface area contributed by atoms with Gasteiger partial charge in [-0.25, -0.2) is 4.79 Å². The van der Waals surface area contributed by atoms with E-state index in [4.69, 9.17) is 18.9 Å². The molecule has 0 aliphatic carbocycles. The minimum Gasteiger partial charge on any atom is -0.477 e. The molecule has 0 heterocycles. The van der Waals surface area contributed by atoms with Crippen molar-refractivity contribution in [2.45, 2.75) is 257 Å². The van der Waals surface area contributed by atoms with E-state index in [9.17, 15) is 19.5 Å². The molecule has 0 amide bonds. The Morgan fingerprint density at radius 2 is 0.845 bits per heavy atom. The number of quaternary nitrogens is 1. The van der Waals surface area contributed by atoms with Crippen LogP contribution in [0.1, 0.15) is 245 Å². The van der Waals surface area contributed by atoms with E-state index in [1.165, 1.54) is 167 Å². The molecule has 0 aromatic carbocycles. The van der Waals surface area contributed by atoms with Gasteiger partial charge in [-0.2, -0.15) is 0 Å². The van der Waals surface area contributed by atoms with E-state index in [0.29, 0.717) is 17.4 Å². The van der Waals surface area contributed by atoms with Crippen LogP contribution in [0.5, 0.6) is 0 Å². The average molecular weight is 998 g/mol. The summed E-state index contributed by atoms with van der Waals surface area (Å²) >= 11 is 0. The molecule has 0 aliphatic rings. The third-order valence-corrected chi connectivity index (χ3v) is 12.5. The number of hydrogen-bond donors (Lipinski definition) is 1. The maximum atomic E-state index is 12.8. The van der Waals surface area contributed by atoms with Crippen molar-refractivity contribution in [3.63, 3.8) is 0 Å². The Balaban J connectivity index is 4.15. The Hall–Kier alpha value is -3.27. The second kappa shape index (κ2) is 53.0. The molecule has 0 bridgehead atoms. The van der Waals surface area contributed by atoms with Gasteiger partial charge in [0.1, 0.15) is 13.2 Å². The van der Waals surface area contributed by atoms with Gasteiger partial charge in [-0.15, -0.1) is 0 Å². The van der Waals surface area contributed by atoms with Crippen LogP contribution in [-0.2, 0) is 33.3 Å². The summed E-state index contributed by atoms with van der Waals surface area (Å²) in [4.78, 5) is 37.3. The molecule has 0 radical (unpaired) electrons. The van der Waals surface area contributed by atoms with Gasteiger partial charge in [-0.05, 0) is 64.2 Å². The fourth-order valence-electron chi connectivity index (χ4n) is 8.03. The van der Waals surface area contributed by atoms with Crippen LogP contribution in [-0.4, -0.2) is 87.4 Å². The first-order chi connectivity index (χ1) is 34.6. The Labute approximate surface area is 437 Å². The van der Waals surface area contributed by atoms with Gasteiger partial charge in [0.25, 0.3) is 6.29 Å². The molecule has 0 rings (SSSR count). The molecule has 2 unspecified atom stereocenters. The minimum atomic E-state index is -1.54. The summed E-state index contributed by atoms with van der Waals surface area (Å²) in [5.41, 5.74) is 0. The summed E-state index contributed by atoms with van der Waals surface area (Å²) < 4.78 is 22.7. The zero-order chi connectivity index (χ0) is 52.0. The van der Waals surface area contributed by atoms with Gasteiger partial charge in [0, 0.05) is 6.42 Å². The summed E-state index contributed by atoms with van der Waals surface area (Å²) in [6.45, 7) is 4.66. The topological polar surface area (TPSA) is 108 Å². The van der Waals surface area contributed by atoms with E-state index in [2.05, 4.69) is 68.5 Å². The average Bonchev–Trinajstić information content (AvgIpc) is 3.34. The van der Waals surface area contributed by atoms with Crippen molar-refractivity contribution in [1.29, 1.82) is 0 Å². The number of hydrogen-bond acceptors (Lipinski definition) is 7. The number of carboxylic acids is 1. The molecule has 0 aromatic rings. The smallest absolute Gasteiger partial charge is 0.361 e. The number of carbonyl (C=O) groups excluding carboxylic acids is 2. The summed E-state index contributed by atoms with van der Waals surface area (Å²) in [5, 5.41) is 9.67. The highest BCUT2D eigenvalue weighted by molar-refractivity contribution is 5.72. The number of rotatable bonds is 53. The zero-order valence-electron chi connectivity index (χ0n) is 46.6. The highest BCUT2D eigenvalue weighted by Gasteiger charge is 2.25. The van der Waals surface area contributed by atoms with E-state index < -0.39 is 24.3 Å². The van der Waals surface area contributed by atoms with Crippen LogP contribution in [0, 0.1) is 0 Å². The maximum absolute atomic E-state index is 12.8. The molecular weight excluding hydrogens is 887 g/mol. The lowest BCUT2D eigenvalue weighted by atomic mass is 10.0. The standard InChI is InChI=1S/C62H109NO8/c1-6-8-10-12-14-16-18-20-22-23-24-25-26-27-28-29-30-31-32-33-34-35-36-37-39-40-42-44-46-48-50-52-59(64)69-56-58(57-70-62(61(66)67)68-55-54-63(3,4)5)71-60(65)53-51-49-47-45-43-41-38-21-19-17-15-13-11-9-7-2/h9,11,15,17,21,23-24,38,43,45,49,51,58,62H,6-8,10,12-14,16,18-20,22,25-37,39-42,44,46-48,50,52-57H2,1-5H3/p+1/b11-9-,17-15-,24-23-,38-21-,45-43-,51-49-. The van der Waals surface area contributed by atoms with Crippen molar-refractivity contribution < 1.29 is 42.9 Å². The first-order valence-electron chi connectivity index (χ1n) is 29.1. The van der Waals surface area contributed by atoms with Crippen LogP contribution < -0.4 is 0 Å². The van der Waals surface area contributed by atoms with Gasteiger partial charge in [-0.1, -0.05) is 241 Å². The van der Waals surface area contributed by atoms with E-state index in [-0.39, 0.29) is 38.6 Å². The highest BCUT2D eigenvalue weighted by Crippen LogP contribution is 2.16. The van der Waals surface area contributed by atoms with Crippen molar-refractivity contribution in [3.8, 4) is 0 Å². The number of allylic oxidation sites excluding steroid dienone is 11. The molecule has 0 spiro atoms. The van der Waals surface area contributed by atoms with Crippen LogP contribution >= 0.6 is 0 Å². The Morgan fingerprint density at radius 1 is 0.451 bits per heavy atom. The first-order valence-corrected chi connectivity index (χ1v) is 29.1. The summed E-state index contributed by atoms with van der Waals surface area (Å²) in [6.07, 6.45) is 66.1. The van der Waals surface area contributed by atoms with Crippen molar-refractivity contribution in [3.05, 3.63) is 72.9 Å². The summed E-state index contributed by atoms with van der Waals surface area (Å²) in [6, 6.07) is 0. The highest BCUT2D eigenvalue weighted by atomic mass is 16.7. The number of nitrogens with zero attached hydrogens (tertiary/aromatic N) is 1. The van der Waals surface area contributed by atoms with E-state index >= 15 is 0 Å². The van der Waals surface area contributed by atoms with Crippen LogP contribution in [0.25, 0.3) is 0 Å². The lowest BCUT2D eigenvalue weighted by Crippen LogP contribution is -2.40. The normalized spacial score (nSPS) is 13.3. The lowest BCUT2D eigenvalue weighted by molar-refractivity contribution is -0.870. The van der Waals surface area contributed by atoms with Crippen molar-refractivity contribution >= 4 is 17.9 Å². The van der Waals surface area contributed by atoms with E-state index in [1.807, 2.05) is 33.3 Å². The molecule has 2 atom stereocenters. The van der Waals surface area contributed by atoms with Gasteiger partial charge in [0.2, 0.25) is 0 Å². The first kappa shape index (κ1) is 67.7. The Bertz CT molecular complexity index is 1390. The predicted molar refractivity (Wildman–Crippen MR) is 299 cm³/mol. The van der Waals surface area contributed by atoms with Gasteiger partial charge in [0.15, 0.2) is 6.10 Å². The fourth-order valence-corrected chi connectivity index (χ4v) is 8.03. The Kier molecular flexibility index (Phi) is 50.6. The van der Waals surface area contributed by atoms with Crippen LogP contribution in [0.4, 0.5) is 0 Å². The number of carbonyl (C=O) groups is 3. The van der Waals surface area contributed by atoms with Crippen LogP contribution in [0.15, 0.2) is 72.9 Å². The zero-order valence-corrected chi connectivity index (χ0v) is 46.6. The molecule has 410 valence electrons. The monoisotopic (exact) mass is 997 g/mol. The predicted octanol–water partition coefficient (Wildman–Crippen LogP) is 17.0. The number of ether oxygens (including phenoxy) is 4. The number of unbranched alkanes of at least 4 members (excludes halogenated alkanes) is 27. The fraction of sp³-hybridized carbons (Fsp3) is 0.758. The quantitative estimate of drug-likeness (QED) is 0.0211. The van der Waals surface area contributed by atoms with Gasteiger partial charge in [-0.3, -0.25) is 9.59 Å². The molecule has 1 N–H and O–H groups in total. The number of aliphatic carboxylic acids is 1. The third-order valence-electron chi connectivity index (χ3n) is 12.5. The van der Waals surface area contributed by atoms with E-state index in [1.54, 1.807) is 6.08 Å². The molecular formula is C62H110NO8+. The molecule has 0 fully saturated rings. The van der Waals surface area contributed by atoms with Crippen molar-refractivity contribution in [1.82, 2.24) is 0 Å².